The van der Waals surface area contributed by atoms with Gasteiger partial charge in [0.25, 0.3) is 5.91 Å². The molecule has 0 saturated carbocycles. The Labute approximate surface area is 161 Å². The first kappa shape index (κ1) is 19.2. The summed E-state index contributed by atoms with van der Waals surface area (Å²) in [5.74, 6) is 1.20. The van der Waals surface area contributed by atoms with E-state index in [2.05, 4.69) is 15.4 Å². The van der Waals surface area contributed by atoms with Crippen molar-refractivity contribution in [2.75, 3.05) is 20.3 Å². The van der Waals surface area contributed by atoms with Crippen LogP contribution in [0.1, 0.15) is 0 Å². The number of carbonyl (C=O) groups is 1. The highest BCUT2D eigenvalue weighted by atomic mass is 16.5. The van der Waals surface area contributed by atoms with Crippen molar-refractivity contribution in [1.82, 2.24) is 24.6 Å². The average Bonchev–Trinajstić information content (AvgIpc) is 3.01. The number of aromatic nitrogens is 4. The summed E-state index contributed by atoms with van der Waals surface area (Å²) in [7, 11) is 3.17. The lowest BCUT2D eigenvalue weighted by atomic mass is 10.3. The number of nitrogens with one attached hydrogen (secondary N) is 1. The number of hydrogen-bond acceptors (Lipinski definition) is 6. The summed E-state index contributed by atoms with van der Waals surface area (Å²) in [6.45, 7) is 0.323. The molecule has 28 heavy (non-hydrogen) atoms. The molecule has 1 aromatic carbocycles. The molecule has 146 valence electrons. The van der Waals surface area contributed by atoms with Crippen LogP contribution in [0.3, 0.4) is 0 Å². The number of ether oxygens (including phenoxy) is 2. The Balaban J connectivity index is 1.54. The fourth-order valence-electron chi connectivity index (χ4n) is 2.59. The number of nitrogens with zero attached hydrogens (tertiary/aromatic N) is 4. The maximum atomic E-state index is 12.3. The summed E-state index contributed by atoms with van der Waals surface area (Å²) in [4.78, 5) is 28.5. The average molecular weight is 383 g/mol. The van der Waals surface area contributed by atoms with E-state index in [1.807, 2.05) is 12.1 Å². The van der Waals surface area contributed by atoms with Gasteiger partial charge in [0.15, 0.2) is 23.9 Å². The van der Waals surface area contributed by atoms with E-state index in [-0.39, 0.29) is 31.3 Å². The van der Waals surface area contributed by atoms with Crippen molar-refractivity contribution in [3.8, 4) is 23.0 Å². The van der Waals surface area contributed by atoms with Gasteiger partial charge in [-0.2, -0.15) is 0 Å². The predicted octanol–water partition coefficient (Wildman–Crippen LogP) is 0.848. The lowest BCUT2D eigenvalue weighted by Gasteiger charge is -2.10. The van der Waals surface area contributed by atoms with E-state index in [4.69, 9.17) is 9.47 Å². The molecule has 0 fully saturated rings. The fraction of sp³-hybridized carbons (Fsp3) is 0.263. The van der Waals surface area contributed by atoms with Gasteiger partial charge in [0.05, 0.1) is 13.7 Å². The van der Waals surface area contributed by atoms with Crippen LogP contribution in [0.4, 0.5) is 0 Å². The SMILES string of the molecule is COc1ccccc1OCC(=O)NCCn1nc(-c2ccccn2)n(C)c1=O. The lowest BCUT2D eigenvalue weighted by Crippen LogP contribution is -2.34. The third-order valence-electron chi connectivity index (χ3n) is 4.01. The minimum Gasteiger partial charge on any atom is -0.493 e. The summed E-state index contributed by atoms with van der Waals surface area (Å²) in [5, 5.41) is 7.00. The Bertz CT molecular complexity index is 997. The molecule has 0 unspecified atom stereocenters. The molecule has 0 saturated heterocycles. The molecule has 3 rings (SSSR count). The van der Waals surface area contributed by atoms with Gasteiger partial charge in [0.2, 0.25) is 0 Å². The second-order valence-corrected chi connectivity index (χ2v) is 5.89. The maximum absolute atomic E-state index is 12.3. The number of pyridine rings is 1. The van der Waals surface area contributed by atoms with Crippen molar-refractivity contribution in [2.45, 2.75) is 6.54 Å². The van der Waals surface area contributed by atoms with Gasteiger partial charge < -0.3 is 14.8 Å². The monoisotopic (exact) mass is 383 g/mol. The van der Waals surface area contributed by atoms with Crippen LogP contribution in [0, 0.1) is 0 Å². The quantitative estimate of drug-likeness (QED) is 0.619. The van der Waals surface area contributed by atoms with Crippen molar-refractivity contribution in [3.63, 3.8) is 0 Å². The van der Waals surface area contributed by atoms with Crippen LogP contribution in [0.2, 0.25) is 0 Å². The van der Waals surface area contributed by atoms with Gasteiger partial charge >= 0.3 is 5.69 Å². The van der Waals surface area contributed by atoms with Gasteiger partial charge in [-0.15, -0.1) is 5.10 Å². The van der Waals surface area contributed by atoms with Crippen molar-refractivity contribution in [3.05, 3.63) is 59.1 Å². The van der Waals surface area contributed by atoms with Crippen molar-refractivity contribution in [1.29, 1.82) is 0 Å². The van der Waals surface area contributed by atoms with Gasteiger partial charge in [0, 0.05) is 19.8 Å². The number of hydrogen-bond donors (Lipinski definition) is 1. The summed E-state index contributed by atoms with van der Waals surface area (Å²) in [6.07, 6.45) is 1.64. The minimum atomic E-state index is -0.306. The van der Waals surface area contributed by atoms with E-state index >= 15 is 0 Å². The third kappa shape index (κ3) is 4.37. The van der Waals surface area contributed by atoms with Gasteiger partial charge in [-0.25, -0.2) is 9.48 Å². The molecule has 0 atom stereocenters. The number of carbonyl (C=O) groups excluding carboxylic acids is 1. The number of methoxy groups -OCH3 is 1. The Morgan fingerprint density at radius 1 is 1.14 bits per heavy atom. The van der Waals surface area contributed by atoms with Crippen molar-refractivity contribution < 1.29 is 14.3 Å². The Morgan fingerprint density at radius 3 is 2.61 bits per heavy atom. The highest BCUT2D eigenvalue weighted by molar-refractivity contribution is 5.77. The molecule has 0 aliphatic rings. The minimum absolute atomic E-state index is 0.156. The molecule has 0 radical (unpaired) electrons. The van der Waals surface area contributed by atoms with Crippen LogP contribution in [0.25, 0.3) is 11.5 Å². The largest absolute Gasteiger partial charge is 0.493 e. The Morgan fingerprint density at radius 2 is 1.89 bits per heavy atom. The van der Waals surface area contributed by atoms with Crippen LogP contribution in [0.15, 0.2) is 53.5 Å². The van der Waals surface area contributed by atoms with E-state index in [0.29, 0.717) is 23.0 Å². The molecular formula is C19H21N5O4. The van der Waals surface area contributed by atoms with E-state index in [1.54, 1.807) is 43.6 Å². The first-order chi connectivity index (χ1) is 13.6. The van der Waals surface area contributed by atoms with Gasteiger partial charge in [-0.3, -0.25) is 14.3 Å². The number of rotatable bonds is 8. The summed E-state index contributed by atoms with van der Waals surface area (Å²) >= 11 is 0. The lowest BCUT2D eigenvalue weighted by molar-refractivity contribution is -0.123. The van der Waals surface area contributed by atoms with E-state index in [1.165, 1.54) is 16.4 Å². The van der Waals surface area contributed by atoms with E-state index < -0.39 is 0 Å². The second-order valence-electron chi connectivity index (χ2n) is 5.89. The standard InChI is InChI=1S/C19H21N5O4/c1-23-18(14-7-5-6-10-20-14)22-24(19(23)26)12-11-21-17(25)13-28-16-9-4-3-8-15(16)27-2/h3-10H,11-13H2,1-2H3,(H,21,25). The first-order valence-corrected chi connectivity index (χ1v) is 8.68. The number of amides is 1. The van der Waals surface area contributed by atoms with Crippen LogP contribution in [-0.2, 0) is 18.4 Å². The molecule has 2 aromatic heterocycles. The first-order valence-electron chi connectivity index (χ1n) is 8.68. The highest BCUT2D eigenvalue weighted by Crippen LogP contribution is 2.25. The molecule has 1 N–H and O–H groups in total. The zero-order valence-electron chi connectivity index (χ0n) is 15.7. The number of para-hydroxylation sites is 2. The highest BCUT2D eigenvalue weighted by Gasteiger charge is 2.13. The topological polar surface area (TPSA) is 100 Å². The summed E-state index contributed by atoms with van der Waals surface area (Å²) in [5.41, 5.74) is 0.329. The van der Waals surface area contributed by atoms with Crippen LogP contribution < -0.4 is 20.5 Å². The van der Waals surface area contributed by atoms with Gasteiger partial charge in [0.1, 0.15) is 5.69 Å². The Kier molecular flexibility index (Phi) is 6.05. The molecule has 0 aliphatic carbocycles. The molecule has 3 aromatic rings. The fourth-order valence-corrected chi connectivity index (χ4v) is 2.59. The van der Waals surface area contributed by atoms with Crippen LogP contribution in [-0.4, -0.2) is 45.5 Å². The molecule has 9 heteroatoms. The molecule has 0 spiro atoms. The number of benzene rings is 1. The smallest absolute Gasteiger partial charge is 0.346 e. The molecule has 2 heterocycles. The Hall–Kier alpha value is -3.62. The zero-order chi connectivity index (χ0) is 19.9. The summed E-state index contributed by atoms with van der Waals surface area (Å²) < 4.78 is 13.4. The maximum Gasteiger partial charge on any atom is 0.346 e. The van der Waals surface area contributed by atoms with Crippen LogP contribution in [0.5, 0.6) is 11.5 Å². The van der Waals surface area contributed by atoms with Crippen molar-refractivity contribution >= 4 is 5.91 Å². The third-order valence-corrected chi connectivity index (χ3v) is 4.01. The normalized spacial score (nSPS) is 10.5. The summed E-state index contributed by atoms with van der Waals surface area (Å²) in [6, 6.07) is 12.5. The van der Waals surface area contributed by atoms with Gasteiger partial charge in [-0.05, 0) is 24.3 Å². The second kappa shape index (κ2) is 8.85. The molecule has 9 nitrogen and oxygen atoms in total. The van der Waals surface area contributed by atoms with E-state index in [9.17, 15) is 9.59 Å². The molecule has 0 aliphatic heterocycles. The van der Waals surface area contributed by atoms with Gasteiger partial charge in [-0.1, -0.05) is 18.2 Å². The zero-order valence-corrected chi connectivity index (χ0v) is 15.7. The van der Waals surface area contributed by atoms with E-state index in [0.717, 1.165) is 0 Å². The molecular weight excluding hydrogens is 362 g/mol. The van der Waals surface area contributed by atoms with Crippen molar-refractivity contribution in [2.24, 2.45) is 7.05 Å². The molecule has 0 bridgehead atoms. The van der Waals surface area contributed by atoms with Crippen LogP contribution >= 0.6 is 0 Å². The predicted molar refractivity (Wildman–Crippen MR) is 102 cm³/mol. The molecule has 1 amide bonds.